The van der Waals surface area contributed by atoms with E-state index in [9.17, 15) is 9.50 Å². The molecule has 23 heavy (non-hydrogen) atoms. The number of halogens is 1. The molecule has 2 aromatic rings. The van der Waals surface area contributed by atoms with Crippen molar-refractivity contribution < 1.29 is 9.50 Å². The van der Waals surface area contributed by atoms with Crippen LogP contribution in [0.5, 0.6) is 0 Å². The zero-order chi connectivity index (χ0) is 16.4. The Morgan fingerprint density at radius 2 is 2.22 bits per heavy atom. The first-order chi connectivity index (χ1) is 11.0. The van der Waals surface area contributed by atoms with E-state index in [1.165, 1.54) is 17.3 Å². The number of hydrogen-bond acceptors (Lipinski definition) is 4. The number of rotatable bonds is 4. The third kappa shape index (κ3) is 3.59. The maximum Gasteiger partial charge on any atom is 0.149 e. The van der Waals surface area contributed by atoms with E-state index in [1.807, 2.05) is 6.07 Å². The summed E-state index contributed by atoms with van der Waals surface area (Å²) in [4.78, 5) is 6.10. The predicted octanol–water partition coefficient (Wildman–Crippen LogP) is 2.39. The van der Waals surface area contributed by atoms with Gasteiger partial charge in [-0.3, -0.25) is 4.90 Å². The van der Waals surface area contributed by atoms with E-state index in [2.05, 4.69) is 28.8 Å². The molecule has 1 unspecified atom stereocenters. The van der Waals surface area contributed by atoms with Crippen molar-refractivity contribution in [1.29, 1.82) is 0 Å². The van der Waals surface area contributed by atoms with Gasteiger partial charge in [0.2, 0.25) is 0 Å². The van der Waals surface area contributed by atoms with E-state index in [-0.39, 0.29) is 23.9 Å². The summed E-state index contributed by atoms with van der Waals surface area (Å²) in [5, 5.41) is 13.6. The second-order valence-electron chi connectivity index (χ2n) is 7.07. The molecule has 1 saturated heterocycles. The Morgan fingerprint density at radius 3 is 2.87 bits per heavy atom. The average molecular weight is 318 g/mol. The number of nitrogens with zero attached hydrogens (tertiary/aromatic N) is 4. The van der Waals surface area contributed by atoms with E-state index in [1.54, 1.807) is 12.1 Å². The molecule has 0 radical (unpaired) electrons. The van der Waals surface area contributed by atoms with Crippen molar-refractivity contribution in [2.45, 2.75) is 39.3 Å². The summed E-state index contributed by atoms with van der Waals surface area (Å²) < 4.78 is 15.8. The summed E-state index contributed by atoms with van der Waals surface area (Å²) in [6.07, 6.45) is 4.94. The van der Waals surface area contributed by atoms with E-state index < -0.39 is 0 Å². The fraction of sp³-hybridized carbons (Fsp3) is 0.529. The molecule has 6 heteroatoms. The van der Waals surface area contributed by atoms with Crippen LogP contribution in [0.3, 0.4) is 0 Å². The smallest absolute Gasteiger partial charge is 0.149 e. The highest BCUT2D eigenvalue weighted by Gasteiger charge is 2.32. The fourth-order valence-electron chi connectivity index (χ4n) is 3.29. The molecule has 1 aliphatic heterocycles. The molecule has 1 aromatic heterocycles. The monoisotopic (exact) mass is 318 g/mol. The first-order valence-corrected chi connectivity index (χ1v) is 7.97. The van der Waals surface area contributed by atoms with E-state index in [4.69, 9.17) is 0 Å². The first-order valence-electron chi connectivity index (χ1n) is 7.97. The van der Waals surface area contributed by atoms with Crippen molar-refractivity contribution in [3.05, 3.63) is 42.2 Å². The molecule has 0 saturated carbocycles. The maximum absolute atomic E-state index is 14.3. The van der Waals surface area contributed by atoms with Crippen LogP contribution in [0.4, 0.5) is 4.39 Å². The third-order valence-electron chi connectivity index (χ3n) is 4.58. The molecule has 1 aromatic carbocycles. The average Bonchev–Trinajstić information content (AvgIpc) is 3.01. The third-order valence-corrected chi connectivity index (χ3v) is 4.58. The van der Waals surface area contributed by atoms with Crippen LogP contribution in [0.1, 0.15) is 32.3 Å². The van der Waals surface area contributed by atoms with Gasteiger partial charge in [0.1, 0.15) is 24.2 Å². The molecular weight excluding hydrogens is 295 g/mol. The van der Waals surface area contributed by atoms with Gasteiger partial charge in [-0.1, -0.05) is 19.9 Å². The highest BCUT2D eigenvalue weighted by Crippen LogP contribution is 2.32. The number of aliphatic hydroxyl groups excluding tert-OH is 1. The summed E-state index contributed by atoms with van der Waals surface area (Å²) in [6, 6.07) is 5.34. The quantitative estimate of drug-likeness (QED) is 0.940. The predicted molar refractivity (Wildman–Crippen MR) is 85.6 cm³/mol. The Kier molecular flexibility index (Phi) is 4.46. The molecule has 2 heterocycles. The lowest BCUT2D eigenvalue weighted by atomic mass is 9.81. The normalized spacial score (nSPS) is 21.5. The maximum atomic E-state index is 14.3. The van der Waals surface area contributed by atoms with Gasteiger partial charge >= 0.3 is 0 Å². The number of aliphatic hydroxyl groups is 1. The number of likely N-dealkylation sites (tertiary alicyclic amines) is 1. The zero-order valence-electron chi connectivity index (χ0n) is 13.6. The van der Waals surface area contributed by atoms with E-state index in [0.717, 1.165) is 24.9 Å². The van der Waals surface area contributed by atoms with Gasteiger partial charge in [0.15, 0.2) is 0 Å². The van der Waals surface area contributed by atoms with Crippen LogP contribution in [-0.2, 0) is 6.54 Å². The molecular formula is C17H23FN4O. The number of benzene rings is 1. The van der Waals surface area contributed by atoms with Gasteiger partial charge < -0.3 is 5.11 Å². The number of hydrogen-bond donors (Lipinski definition) is 1. The van der Waals surface area contributed by atoms with Gasteiger partial charge in [-0.25, -0.2) is 14.1 Å². The lowest BCUT2D eigenvalue weighted by Gasteiger charge is -2.43. The minimum atomic E-state index is -0.315. The molecule has 1 atom stereocenters. The fourth-order valence-corrected chi connectivity index (χ4v) is 3.29. The van der Waals surface area contributed by atoms with Gasteiger partial charge in [-0.2, -0.15) is 5.10 Å². The van der Waals surface area contributed by atoms with Crippen LogP contribution in [-0.4, -0.2) is 44.0 Å². The molecule has 0 bridgehead atoms. The highest BCUT2D eigenvalue weighted by atomic mass is 19.1. The minimum Gasteiger partial charge on any atom is -0.395 e. The number of aromatic nitrogens is 3. The Hall–Kier alpha value is -1.79. The van der Waals surface area contributed by atoms with Crippen LogP contribution in [0.2, 0.25) is 0 Å². The van der Waals surface area contributed by atoms with Crippen LogP contribution in [0, 0.1) is 11.2 Å². The Morgan fingerprint density at radius 1 is 1.39 bits per heavy atom. The zero-order valence-corrected chi connectivity index (χ0v) is 13.6. The number of piperidine rings is 1. The molecule has 0 aliphatic carbocycles. The van der Waals surface area contributed by atoms with E-state index >= 15 is 0 Å². The summed E-state index contributed by atoms with van der Waals surface area (Å²) >= 11 is 0. The molecule has 0 spiro atoms. The van der Waals surface area contributed by atoms with Crippen LogP contribution >= 0.6 is 0 Å². The molecule has 0 amide bonds. The second kappa shape index (κ2) is 6.37. The topological polar surface area (TPSA) is 54.2 Å². The summed E-state index contributed by atoms with van der Waals surface area (Å²) in [5.41, 5.74) is 1.52. The first kappa shape index (κ1) is 16.1. The van der Waals surface area contributed by atoms with Gasteiger partial charge in [0.05, 0.1) is 6.61 Å². The lowest BCUT2D eigenvalue weighted by molar-refractivity contribution is 0.0261. The Labute approximate surface area is 135 Å². The largest absolute Gasteiger partial charge is 0.395 e. The highest BCUT2D eigenvalue weighted by molar-refractivity contribution is 5.35. The van der Waals surface area contributed by atoms with Crippen molar-refractivity contribution in [3.8, 4) is 5.69 Å². The molecule has 3 rings (SSSR count). The van der Waals surface area contributed by atoms with Crippen molar-refractivity contribution in [2.24, 2.45) is 5.41 Å². The van der Waals surface area contributed by atoms with Crippen LogP contribution < -0.4 is 0 Å². The van der Waals surface area contributed by atoms with Crippen molar-refractivity contribution in [3.63, 3.8) is 0 Å². The summed E-state index contributed by atoms with van der Waals surface area (Å²) in [7, 11) is 0. The van der Waals surface area contributed by atoms with Gasteiger partial charge in [-0.15, -0.1) is 0 Å². The van der Waals surface area contributed by atoms with Crippen LogP contribution in [0.15, 0.2) is 30.9 Å². The van der Waals surface area contributed by atoms with Crippen molar-refractivity contribution in [1.82, 2.24) is 19.7 Å². The van der Waals surface area contributed by atoms with Crippen molar-refractivity contribution >= 4 is 0 Å². The standard InChI is InChI=1S/C17H23FN4O/c1-17(2)6-5-14(9-23)21(10-17)8-13-3-4-16(15(18)7-13)22-12-19-11-20-22/h3-4,7,11-12,14,23H,5-6,8-10H2,1-2H3. The Bertz CT molecular complexity index is 657. The minimum absolute atomic E-state index is 0.148. The summed E-state index contributed by atoms with van der Waals surface area (Å²) in [5.74, 6) is -0.315. The summed E-state index contributed by atoms with van der Waals surface area (Å²) in [6.45, 7) is 6.17. The SMILES string of the molecule is CC1(C)CCC(CO)N(Cc2ccc(-n3cncn3)c(F)c2)C1. The van der Waals surface area contributed by atoms with E-state index in [0.29, 0.717) is 12.2 Å². The second-order valence-corrected chi connectivity index (χ2v) is 7.07. The van der Waals surface area contributed by atoms with Gasteiger partial charge in [0.25, 0.3) is 0 Å². The van der Waals surface area contributed by atoms with Crippen LogP contribution in [0.25, 0.3) is 5.69 Å². The molecule has 5 nitrogen and oxygen atoms in total. The van der Waals surface area contributed by atoms with Gasteiger partial charge in [-0.05, 0) is 36.0 Å². The molecule has 1 N–H and O–H groups in total. The van der Waals surface area contributed by atoms with Crippen molar-refractivity contribution in [2.75, 3.05) is 13.2 Å². The molecule has 1 aliphatic rings. The Balaban J connectivity index is 1.78. The molecule has 124 valence electrons. The van der Waals surface area contributed by atoms with Gasteiger partial charge in [0, 0.05) is 19.1 Å². The molecule has 1 fully saturated rings. The lowest BCUT2D eigenvalue weighted by Crippen LogP contribution is -2.47.